The molecule has 0 radical (unpaired) electrons. The van der Waals surface area contributed by atoms with Gasteiger partial charge in [0.05, 0.1) is 0 Å². The molecular formula is C11H9FN2O4S. The zero-order valence-electron chi connectivity index (χ0n) is 9.45. The number of benzene rings is 1. The van der Waals surface area contributed by atoms with Crippen LogP contribution in [0, 0.1) is 5.82 Å². The zero-order valence-corrected chi connectivity index (χ0v) is 10.3. The SMILES string of the molecule is NS(=O)(=O)n1ccc(-c2ccccc2F)c1C(=O)O. The Bertz CT molecular complexity index is 752. The van der Waals surface area contributed by atoms with Crippen molar-refractivity contribution in [2.24, 2.45) is 5.14 Å². The third-order valence-corrected chi connectivity index (χ3v) is 3.35. The van der Waals surface area contributed by atoms with E-state index in [2.05, 4.69) is 0 Å². The molecule has 3 N–H and O–H groups in total. The Kier molecular flexibility index (Phi) is 3.13. The highest BCUT2D eigenvalue weighted by Crippen LogP contribution is 2.27. The lowest BCUT2D eigenvalue weighted by Crippen LogP contribution is -2.24. The van der Waals surface area contributed by atoms with Crippen LogP contribution in [0.3, 0.4) is 0 Å². The Hall–Kier alpha value is -2.19. The van der Waals surface area contributed by atoms with Crippen molar-refractivity contribution in [2.75, 3.05) is 0 Å². The number of hydrogen-bond donors (Lipinski definition) is 2. The molecule has 6 nitrogen and oxygen atoms in total. The van der Waals surface area contributed by atoms with Gasteiger partial charge in [0.1, 0.15) is 5.82 Å². The van der Waals surface area contributed by atoms with Gasteiger partial charge in [0, 0.05) is 17.3 Å². The van der Waals surface area contributed by atoms with Crippen LogP contribution in [-0.2, 0) is 10.2 Å². The number of aromatic carboxylic acids is 1. The van der Waals surface area contributed by atoms with Gasteiger partial charge in [0.15, 0.2) is 5.69 Å². The molecule has 1 aromatic carbocycles. The molecule has 1 heterocycles. The molecule has 0 aliphatic rings. The first-order valence-corrected chi connectivity index (χ1v) is 6.55. The number of carboxylic acids is 1. The van der Waals surface area contributed by atoms with Gasteiger partial charge in [0.25, 0.3) is 0 Å². The van der Waals surface area contributed by atoms with E-state index < -0.39 is 27.7 Å². The summed E-state index contributed by atoms with van der Waals surface area (Å²) in [6.07, 6.45) is 0.973. The molecule has 19 heavy (non-hydrogen) atoms. The molecule has 0 saturated heterocycles. The summed E-state index contributed by atoms with van der Waals surface area (Å²) in [7, 11) is -4.27. The number of rotatable bonds is 3. The second-order valence-corrected chi connectivity index (χ2v) is 5.13. The summed E-state index contributed by atoms with van der Waals surface area (Å²) in [6, 6.07) is 6.64. The average molecular weight is 284 g/mol. The number of aromatic nitrogens is 1. The fraction of sp³-hybridized carbons (Fsp3) is 0. The molecule has 100 valence electrons. The van der Waals surface area contributed by atoms with Crippen molar-refractivity contribution in [2.45, 2.75) is 0 Å². The summed E-state index contributed by atoms with van der Waals surface area (Å²) < 4.78 is 36.6. The van der Waals surface area contributed by atoms with Gasteiger partial charge in [-0.05, 0) is 12.1 Å². The number of nitrogens with two attached hydrogens (primary N) is 1. The zero-order chi connectivity index (χ0) is 14.2. The van der Waals surface area contributed by atoms with Gasteiger partial charge < -0.3 is 5.11 Å². The van der Waals surface area contributed by atoms with Gasteiger partial charge in [-0.25, -0.2) is 18.3 Å². The fourth-order valence-electron chi connectivity index (χ4n) is 1.73. The third kappa shape index (κ3) is 2.35. The molecule has 2 rings (SSSR count). The maximum Gasteiger partial charge on any atom is 0.354 e. The number of halogens is 1. The quantitative estimate of drug-likeness (QED) is 0.879. The summed E-state index contributed by atoms with van der Waals surface area (Å²) in [4.78, 5) is 11.2. The molecule has 0 unspecified atom stereocenters. The minimum Gasteiger partial charge on any atom is -0.477 e. The highest BCUT2D eigenvalue weighted by molar-refractivity contribution is 7.87. The van der Waals surface area contributed by atoms with Crippen LogP contribution in [0.4, 0.5) is 4.39 Å². The van der Waals surface area contributed by atoms with Crippen LogP contribution in [0.2, 0.25) is 0 Å². The van der Waals surface area contributed by atoms with Crippen molar-refractivity contribution in [3.63, 3.8) is 0 Å². The Morgan fingerprint density at radius 3 is 2.37 bits per heavy atom. The standard InChI is InChI=1S/C11H9FN2O4S/c12-9-4-2-1-3-7(9)8-5-6-14(19(13,17)18)10(8)11(15)16/h1-6H,(H,15,16)(H2,13,17,18). The molecule has 0 bridgehead atoms. The molecule has 0 aliphatic heterocycles. The van der Waals surface area contributed by atoms with Crippen LogP contribution < -0.4 is 5.14 Å². The molecule has 0 amide bonds. The molecule has 1 aromatic heterocycles. The molecule has 2 aromatic rings. The van der Waals surface area contributed by atoms with Crippen molar-refractivity contribution in [3.05, 3.63) is 48.0 Å². The lowest BCUT2D eigenvalue weighted by atomic mass is 10.1. The summed E-state index contributed by atoms with van der Waals surface area (Å²) in [6.45, 7) is 0. The van der Waals surface area contributed by atoms with E-state index in [4.69, 9.17) is 10.2 Å². The third-order valence-electron chi connectivity index (χ3n) is 2.49. The fourth-order valence-corrected chi connectivity index (χ4v) is 2.39. The van der Waals surface area contributed by atoms with Crippen LogP contribution in [0.5, 0.6) is 0 Å². The molecular weight excluding hydrogens is 275 g/mol. The smallest absolute Gasteiger partial charge is 0.354 e. The topological polar surface area (TPSA) is 102 Å². The Morgan fingerprint density at radius 2 is 1.84 bits per heavy atom. The monoisotopic (exact) mass is 284 g/mol. The lowest BCUT2D eigenvalue weighted by Gasteiger charge is -2.06. The van der Waals surface area contributed by atoms with E-state index in [1.165, 1.54) is 24.3 Å². The second kappa shape index (κ2) is 4.48. The molecule has 0 spiro atoms. The summed E-state index contributed by atoms with van der Waals surface area (Å²) in [5.41, 5.74) is -0.672. The minimum atomic E-state index is -4.27. The van der Waals surface area contributed by atoms with Crippen LogP contribution in [0.25, 0.3) is 11.1 Å². The van der Waals surface area contributed by atoms with Gasteiger partial charge >= 0.3 is 16.2 Å². The Labute approximate surface area is 108 Å². The predicted molar refractivity (Wildman–Crippen MR) is 65.3 cm³/mol. The van der Waals surface area contributed by atoms with Crippen molar-refractivity contribution >= 4 is 16.2 Å². The van der Waals surface area contributed by atoms with E-state index in [9.17, 15) is 17.6 Å². The second-order valence-electron chi connectivity index (χ2n) is 3.70. The van der Waals surface area contributed by atoms with Crippen LogP contribution in [-0.4, -0.2) is 23.5 Å². The molecule has 8 heteroatoms. The van der Waals surface area contributed by atoms with E-state index in [0.29, 0.717) is 3.97 Å². The van der Waals surface area contributed by atoms with E-state index in [-0.39, 0.29) is 11.1 Å². The minimum absolute atomic E-state index is 0.0118. The highest BCUT2D eigenvalue weighted by atomic mass is 32.2. The number of hydrogen-bond acceptors (Lipinski definition) is 3. The number of carboxylic acid groups (broad SMARTS) is 1. The predicted octanol–water partition coefficient (Wildman–Crippen LogP) is 1.04. The van der Waals surface area contributed by atoms with Gasteiger partial charge in [-0.2, -0.15) is 8.42 Å². The average Bonchev–Trinajstić information content (AvgIpc) is 2.73. The van der Waals surface area contributed by atoms with Gasteiger partial charge in [-0.3, -0.25) is 0 Å². The van der Waals surface area contributed by atoms with Crippen LogP contribution in [0.15, 0.2) is 36.5 Å². The molecule has 0 saturated carbocycles. The maximum atomic E-state index is 13.6. The lowest BCUT2D eigenvalue weighted by molar-refractivity contribution is 0.0690. The number of carbonyl (C=O) groups is 1. The van der Waals surface area contributed by atoms with Crippen molar-refractivity contribution in [1.82, 2.24) is 3.97 Å². The largest absolute Gasteiger partial charge is 0.477 e. The van der Waals surface area contributed by atoms with E-state index >= 15 is 0 Å². The van der Waals surface area contributed by atoms with Gasteiger partial charge in [-0.15, -0.1) is 0 Å². The summed E-state index contributed by atoms with van der Waals surface area (Å²) in [5.74, 6) is -2.17. The van der Waals surface area contributed by atoms with E-state index in [0.717, 1.165) is 12.3 Å². The first-order valence-electron chi connectivity index (χ1n) is 5.05. The molecule has 0 atom stereocenters. The Morgan fingerprint density at radius 1 is 1.21 bits per heavy atom. The molecule has 0 aliphatic carbocycles. The summed E-state index contributed by atoms with van der Waals surface area (Å²) >= 11 is 0. The molecule has 0 fully saturated rings. The first-order chi connectivity index (χ1) is 8.82. The van der Waals surface area contributed by atoms with Crippen LogP contribution in [0.1, 0.15) is 10.5 Å². The normalized spacial score (nSPS) is 11.5. The van der Waals surface area contributed by atoms with Crippen molar-refractivity contribution in [3.8, 4) is 11.1 Å². The first kappa shape index (κ1) is 13.2. The van der Waals surface area contributed by atoms with Crippen molar-refractivity contribution < 1.29 is 22.7 Å². The van der Waals surface area contributed by atoms with Gasteiger partial charge in [-0.1, -0.05) is 18.2 Å². The van der Waals surface area contributed by atoms with Gasteiger partial charge in [0.2, 0.25) is 0 Å². The summed E-state index contributed by atoms with van der Waals surface area (Å²) in [5, 5.41) is 14.0. The maximum absolute atomic E-state index is 13.6. The van der Waals surface area contributed by atoms with E-state index in [1.807, 2.05) is 0 Å². The van der Waals surface area contributed by atoms with Crippen molar-refractivity contribution in [1.29, 1.82) is 0 Å². The number of nitrogens with zero attached hydrogens (tertiary/aromatic N) is 1. The van der Waals surface area contributed by atoms with E-state index in [1.54, 1.807) is 0 Å². The Balaban J connectivity index is 2.77. The van der Waals surface area contributed by atoms with Crippen LogP contribution >= 0.6 is 0 Å². The highest BCUT2D eigenvalue weighted by Gasteiger charge is 2.23.